The second-order valence-electron chi connectivity index (χ2n) is 11.9. The maximum Gasteiger partial charge on any atom is 0.319 e. The Labute approximate surface area is 232 Å². The van der Waals surface area contributed by atoms with Crippen LogP contribution >= 0.6 is 0 Å². The Bertz CT molecular complexity index is 1160. The molecular weight excluding hydrogens is 488 g/mol. The van der Waals surface area contributed by atoms with E-state index in [1.807, 2.05) is 21.9 Å². The van der Waals surface area contributed by atoms with Crippen molar-refractivity contribution in [1.29, 1.82) is 0 Å². The van der Waals surface area contributed by atoms with Gasteiger partial charge in [-0.3, -0.25) is 9.69 Å². The first-order valence-corrected chi connectivity index (χ1v) is 14.8. The number of hydrogen-bond donors (Lipinski definition) is 0. The van der Waals surface area contributed by atoms with Crippen molar-refractivity contribution in [2.75, 3.05) is 46.9 Å². The molecule has 3 heterocycles. The Kier molecular flexibility index (Phi) is 7.27. The molecule has 3 aliphatic heterocycles. The summed E-state index contributed by atoms with van der Waals surface area (Å²) in [6.07, 6.45) is 8.00. The van der Waals surface area contributed by atoms with E-state index < -0.39 is 5.54 Å². The number of methoxy groups -OCH3 is 1. The Balaban J connectivity index is 1.22. The van der Waals surface area contributed by atoms with E-state index in [-0.39, 0.29) is 18.1 Å². The van der Waals surface area contributed by atoms with Gasteiger partial charge < -0.3 is 19.4 Å². The van der Waals surface area contributed by atoms with Crippen LogP contribution in [0.15, 0.2) is 48.5 Å². The van der Waals surface area contributed by atoms with Crippen LogP contribution in [0.3, 0.4) is 0 Å². The molecule has 2 aromatic rings. The Morgan fingerprint density at radius 1 is 0.872 bits per heavy atom. The minimum atomic E-state index is -0.571. The summed E-state index contributed by atoms with van der Waals surface area (Å²) in [6, 6.07) is 17.3. The molecule has 4 aliphatic rings. The minimum Gasteiger partial charge on any atom is -0.497 e. The Morgan fingerprint density at radius 2 is 1.49 bits per heavy atom. The van der Waals surface area contributed by atoms with Gasteiger partial charge in [0.2, 0.25) is 5.91 Å². The molecule has 0 bridgehead atoms. The van der Waals surface area contributed by atoms with E-state index >= 15 is 0 Å². The van der Waals surface area contributed by atoms with E-state index in [2.05, 4.69) is 53.2 Å². The third-order valence-corrected chi connectivity index (χ3v) is 9.57. The second kappa shape index (κ2) is 10.8. The average Bonchev–Trinajstić information content (AvgIpc) is 3.82. The zero-order chi connectivity index (χ0) is 27.0. The Hall–Kier alpha value is -3.06. The fraction of sp³-hybridized carbons (Fsp3) is 0.562. The molecule has 1 aliphatic carbocycles. The maximum absolute atomic E-state index is 14.3. The van der Waals surface area contributed by atoms with Gasteiger partial charge in [-0.25, -0.2) is 4.79 Å². The van der Waals surface area contributed by atoms with Gasteiger partial charge in [-0.15, -0.1) is 0 Å². The molecular formula is C32H42N4O3. The van der Waals surface area contributed by atoms with Crippen molar-refractivity contribution in [2.45, 2.75) is 69.0 Å². The number of carbonyl (C=O) groups excluding carboxylic acids is 2. The van der Waals surface area contributed by atoms with Crippen molar-refractivity contribution in [2.24, 2.45) is 0 Å². The summed E-state index contributed by atoms with van der Waals surface area (Å²) in [6.45, 7) is 3.63. The number of hydrogen-bond acceptors (Lipinski definition) is 4. The van der Waals surface area contributed by atoms with Crippen LogP contribution in [0.4, 0.5) is 4.79 Å². The number of likely N-dealkylation sites (tertiary alicyclic amines) is 2. The summed E-state index contributed by atoms with van der Waals surface area (Å²) in [5, 5.41) is 0. The lowest BCUT2D eigenvalue weighted by molar-refractivity contribution is -0.135. The Morgan fingerprint density at radius 3 is 2.10 bits per heavy atom. The molecule has 2 aromatic carbocycles. The van der Waals surface area contributed by atoms with E-state index in [9.17, 15) is 9.59 Å². The lowest BCUT2D eigenvalue weighted by Crippen LogP contribution is -2.58. The van der Waals surface area contributed by atoms with E-state index in [0.29, 0.717) is 38.4 Å². The zero-order valence-electron chi connectivity index (χ0n) is 23.5. The molecule has 0 radical (unpaired) electrons. The fourth-order valence-electron chi connectivity index (χ4n) is 6.92. The van der Waals surface area contributed by atoms with Crippen LogP contribution in [0.2, 0.25) is 0 Å². The van der Waals surface area contributed by atoms with Crippen LogP contribution in [-0.2, 0) is 11.2 Å². The third kappa shape index (κ3) is 5.02. The van der Waals surface area contributed by atoms with E-state index in [4.69, 9.17) is 4.74 Å². The van der Waals surface area contributed by atoms with Crippen LogP contribution in [0.25, 0.3) is 0 Å². The van der Waals surface area contributed by atoms with Crippen molar-refractivity contribution in [3.8, 4) is 5.75 Å². The summed E-state index contributed by atoms with van der Waals surface area (Å²) in [7, 11) is 3.80. The molecule has 7 heteroatoms. The molecule has 1 unspecified atom stereocenters. The van der Waals surface area contributed by atoms with Crippen LogP contribution in [0, 0.1) is 0 Å². The van der Waals surface area contributed by atoms with Crippen LogP contribution in [0.1, 0.15) is 73.7 Å². The van der Waals surface area contributed by atoms with Gasteiger partial charge in [0.05, 0.1) is 7.11 Å². The molecule has 1 saturated carbocycles. The summed E-state index contributed by atoms with van der Waals surface area (Å²) < 4.78 is 5.32. The fourth-order valence-corrected chi connectivity index (χ4v) is 6.92. The van der Waals surface area contributed by atoms with E-state index in [0.717, 1.165) is 38.1 Å². The quantitative estimate of drug-likeness (QED) is 0.526. The number of rotatable bonds is 6. The monoisotopic (exact) mass is 530 g/mol. The van der Waals surface area contributed by atoms with Crippen molar-refractivity contribution >= 4 is 11.9 Å². The molecule has 3 saturated heterocycles. The SMILES string of the molecule is COc1ccc(CCN2C(=O)C3(CCN(C(=O)N4CCCCC4)CC3)N(C)C2c2ccc(C3CC3)cc2)cc1. The van der Waals surface area contributed by atoms with Gasteiger partial charge in [0.15, 0.2) is 0 Å². The van der Waals surface area contributed by atoms with Gasteiger partial charge >= 0.3 is 6.03 Å². The first-order chi connectivity index (χ1) is 19.0. The highest BCUT2D eigenvalue weighted by molar-refractivity contribution is 5.89. The summed E-state index contributed by atoms with van der Waals surface area (Å²) >= 11 is 0. The molecule has 4 fully saturated rings. The van der Waals surface area contributed by atoms with Crippen molar-refractivity contribution in [3.05, 3.63) is 65.2 Å². The molecule has 1 spiro atoms. The normalized spacial score (nSPS) is 23.5. The van der Waals surface area contributed by atoms with Crippen LogP contribution < -0.4 is 4.74 Å². The minimum absolute atomic E-state index is 0.103. The summed E-state index contributed by atoms with van der Waals surface area (Å²) in [5.41, 5.74) is 3.21. The maximum atomic E-state index is 14.3. The van der Waals surface area contributed by atoms with Gasteiger partial charge in [-0.1, -0.05) is 36.4 Å². The first kappa shape index (κ1) is 26.2. The van der Waals surface area contributed by atoms with Gasteiger partial charge in [-0.2, -0.15) is 0 Å². The highest BCUT2D eigenvalue weighted by Crippen LogP contribution is 2.46. The van der Waals surface area contributed by atoms with Crippen LogP contribution in [-0.4, -0.2) is 84.0 Å². The second-order valence-corrected chi connectivity index (χ2v) is 11.9. The molecule has 7 nitrogen and oxygen atoms in total. The predicted octanol–water partition coefficient (Wildman–Crippen LogP) is 5.03. The highest BCUT2D eigenvalue weighted by Gasteiger charge is 2.57. The number of amides is 3. The van der Waals surface area contributed by atoms with Gasteiger partial charge in [-0.05, 0) is 93.2 Å². The number of nitrogens with zero attached hydrogens (tertiary/aromatic N) is 4. The topological polar surface area (TPSA) is 56.3 Å². The van der Waals surface area contributed by atoms with Crippen LogP contribution in [0.5, 0.6) is 5.75 Å². The summed E-state index contributed by atoms with van der Waals surface area (Å²) in [4.78, 5) is 35.9. The van der Waals surface area contributed by atoms with Gasteiger partial charge in [0.25, 0.3) is 0 Å². The zero-order valence-corrected chi connectivity index (χ0v) is 23.5. The number of urea groups is 1. The van der Waals surface area contributed by atoms with Crippen molar-refractivity contribution in [3.63, 3.8) is 0 Å². The van der Waals surface area contributed by atoms with E-state index in [1.54, 1.807) is 7.11 Å². The van der Waals surface area contributed by atoms with Gasteiger partial charge in [0.1, 0.15) is 17.5 Å². The van der Waals surface area contributed by atoms with Crippen molar-refractivity contribution < 1.29 is 14.3 Å². The van der Waals surface area contributed by atoms with Crippen molar-refractivity contribution in [1.82, 2.24) is 19.6 Å². The standard InChI is InChI=1S/C32H42N4O3/c1-33-29(27-12-10-26(11-13-27)25-8-9-25)36(21-16-24-6-14-28(39-2)15-7-24)30(37)32(33)17-22-35(23-18-32)31(38)34-19-4-3-5-20-34/h6-7,10-15,25,29H,3-5,8-9,16-23H2,1-2H3. The predicted molar refractivity (Wildman–Crippen MR) is 152 cm³/mol. The summed E-state index contributed by atoms with van der Waals surface area (Å²) in [5.74, 6) is 1.76. The lowest BCUT2D eigenvalue weighted by Gasteiger charge is -2.43. The number of likely N-dealkylation sites (N-methyl/N-ethyl adjacent to an activating group) is 1. The molecule has 3 amide bonds. The molecule has 39 heavy (non-hydrogen) atoms. The number of carbonyl (C=O) groups is 2. The molecule has 0 N–H and O–H groups in total. The third-order valence-electron chi connectivity index (χ3n) is 9.57. The average molecular weight is 531 g/mol. The molecule has 208 valence electrons. The number of benzene rings is 2. The molecule has 0 aromatic heterocycles. The smallest absolute Gasteiger partial charge is 0.319 e. The lowest BCUT2D eigenvalue weighted by atomic mass is 9.86. The van der Waals surface area contributed by atoms with E-state index in [1.165, 1.54) is 36.0 Å². The van der Waals surface area contributed by atoms with Gasteiger partial charge in [0, 0.05) is 32.7 Å². The largest absolute Gasteiger partial charge is 0.497 e. The molecule has 1 atom stereocenters. The highest BCUT2D eigenvalue weighted by atomic mass is 16.5. The number of ether oxygens (including phenoxy) is 1. The molecule has 6 rings (SSSR count). The first-order valence-electron chi connectivity index (χ1n) is 14.8. The number of piperidine rings is 2.